The summed E-state index contributed by atoms with van der Waals surface area (Å²) in [5.41, 5.74) is 3.63. The molecule has 1 N–H and O–H groups in total. The summed E-state index contributed by atoms with van der Waals surface area (Å²) in [5.74, 6) is 0.417. The van der Waals surface area contributed by atoms with Crippen molar-refractivity contribution in [3.63, 3.8) is 0 Å². The van der Waals surface area contributed by atoms with E-state index in [0.717, 1.165) is 5.69 Å². The predicted molar refractivity (Wildman–Crippen MR) is 40.9 cm³/mol. The van der Waals surface area contributed by atoms with E-state index in [1.165, 1.54) is 0 Å². The van der Waals surface area contributed by atoms with Gasteiger partial charge in [-0.1, -0.05) is 0 Å². The molecule has 5 nitrogen and oxygen atoms in total. The standard InChI is InChI=1S/C6H8N4O.Na/c1-4-3-7-5(2)6(8-4)9-10-11;/h3H,1-2H3,(H,8,9,11);/q;+1. The van der Waals surface area contributed by atoms with E-state index < -0.39 is 0 Å². The van der Waals surface area contributed by atoms with E-state index >= 15 is 0 Å². The summed E-state index contributed by atoms with van der Waals surface area (Å²) in [6, 6.07) is 0. The Bertz CT molecular complexity index is 278. The number of hydrogen-bond donors (Lipinski definition) is 1. The first-order chi connectivity index (χ1) is 5.24. The molecule has 0 saturated heterocycles. The zero-order valence-corrected chi connectivity index (χ0v) is 9.33. The van der Waals surface area contributed by atoms with E-state index in [-0.39, 0.29) is 29.6 Å². The molecule has 1 rings (SSSR count). The van der Waals surface area contributed by atoms with Crippen molar-refractivity contribution in [1.82, 2.24) is 9.97 Å². The van der Waals surface area contributed by atoms with E-state index in [9.17, 15) is 4.91 Å². The first-order valence-electron chi connectivity index (χ1n) is 3.12. The number of aryl methyl sites for hydroxylation is 2. The van der Waals surface area contributed by atoms with Crippen LogP contribution in [0.2, 0.25) is 0 Å². The topological polar surface area (TPSA) is 67.2 Å². The summed E-state index contributed by atoms with van der Waals surface area (Å²) in [4.78, 5) is 17.8. The van der Waals surface area contributed by atoms with Crippen molar-refractivity contribution in [3.05, 3.63) is 22.5 Å². The molecule has 0 amide bonds. The van der Waals surface area contributed by atoms with Crippen LogP contribution < -0.4 is 35.0 Å². The smallest absolute Gasteiger partial charge is 0.256 e. The van der Waals surface area contributed by atoms with Crippen molar-refractivity contribution in [3.8, 4) is 0 Å². The van der Waals surface area contributed by atoms with Gasteiger partial charge in [-0.05, 0) is 13.8 Å². The number of hydrogen-bond acceptors (Lipinski definition) is 4. The van der Waals surface area contributed by atoms with Crippen LogP contribution in [-0.4, -0.2) is 9.97 Å². The Morgan fingerprint density at radius 3 is 2.75 bits per heavy atom. The Hall–Kier alpha value is -0.520. The van der Waals surface area contributed by atoms with Gasteiger partial charge in [0, 0.05) is 6.20 Å². The Kier molecular flexibility index (Phi) is 4.96. The van der Waals surface area contributed by atoms with Crippen LogP contribution >= 0.6 is 0 Å². The van der Waals surface area contributed by atoms with Crippen molar-refractivity contribution >= 4 is 5.82 Å². The van der Waals surface area contributed by atoms with Crippen LogP contribution in [0.5, 0.6) is 0 Å². The molecule has 0 radical (unpaired) electrons. The van der Waals surface area contributed by atoms with Crippen molar-refractivity contribution in [2.24, 2.45) is 5.29 Å². The number of nitroso groups, excluding NO2 is 1. The van der Waals surface area contributed by atoms with Gasteiger partial charge in [-0.2, -0.15) is 0 Å². The Labute approximate surface area is 92.2 Å². The van der Waals surface area contributed by atoms with Crippen molar-refractivity contribution in [2.45, 2.75) is 13.8 Å². The van der Waals surface area contributed by atoms with Gasteiger partial charge in [0.1, 0.15) is 0 Å². The fraction of sp³-hybridized carbons (Fsp3) is 0.333. The van der Waals surface area contributed by atoms with E-state index in [0.29, 0.717) is 11.5 Å². The second kappa shape index (κ2) is 5.18. The van der Waals surface area contributed by atoms with Gasteiger partial charge >= 0.3 is 29.6 Å². The third-order valence-corrected chi connectivity index (χ3v) is 1.23. The largest absolute Gasteiger partial charge is 1.00 e. The zero-order valence-electron chi connectivity index (χ0n) is 7.33. The van der Waals surface area contributed by atoms with Gasteiger partial charge in [-0.25, -0.2) is 10.4 Å². The van der Waals surface area contributed by atoms with Crippen LogP contribution in [0, 0.1) is 18.8 Å². The third-order valence-electron chi connectivity index (χ3n) is 1.23. The molecule has 0 bridgehead atoms. The summed E-state index contributed by atoms with van der Waals surface area (Å²) in [6.07, 6.45) is 1.63. The average Bonchev–Trinajstić information content (AvgIpc) is 1.98. The Morgan fingerprint density at radius 2 is 2.17 bits per heavy atom. The van der Waals surface area contributed by atoms with Gasteiger partial charge in [0.15, 0.2) is 5.82 Å². The molecule has 0 aliphatic carbocycles. The third kappa shape index (κ3) is 2.84. The second-order valence-electron chi connectivity index (χ2n) is 2.15. The SMILES string of the molecule is Cc1cnc(C)c(NN=O)n1.[Na+]. The van der Waals surface area contributed by atoms with Crippen LogP contribution in [0.3, 0.4) is 0 Å². The van der Waals surface area contributed by atoms with Crippen molar-refractivity contribution in [1.29, 1.82) is 0 Å². The summed E-state index contributed by atoms with van der Waals surface area (Å²) in [7, 11) is 0. The molecule has 1 heterocycles. The molecular weight excluding hydrogens is 167 g/mol. The Morgan fingerprint density at radius 1 is 1.50 bits per heavy atom. The number of rotatable bonds is 2. The molecule has 0 atom stereocenters. The molecule has 1 aromatic heterocycles. The van der Waals surface area contributed by atoms with E-state index in [2.05, 4.69) is 20.7 Å². The van der Waals surface area contributed by atoms with Crippen molar-refractivity contribution < 1.29 is 29.6 Å². The minimum Gasteiger partial charge on any atom is -0.256 e. The van der Waals surface area contributed by atoms with Gasteiger partial charge in [-0.3, -0.25) is 4.98 Å². The normalized spacial score (nSPS) is 8.50. The van der Waals surface area contributed by atoms with Crippen LogP contribution in [0.1, 0.15) is 11.4 Å². The maximum absolute atomic E-state index is 9.81. The molecule has 0 aliphatic rings. The van der Waals surface area contributed by atoms with Gasteiger partial charge in [-0.15, -0.1) is 4.91 Å². The van der Waals surface area contributed by atoms with Gasteiger partial charge < -0.3 is 0 Å². The number of nitrogens with zero attached hydrogens (tertiary/aromatic N) is 3. The molecule has 0 aliphatic heterocycles. The summed E-state index contributed by atoms with van der Waals surface area (Å²) in [6.45, 7) is 3.54. The predicted octanol–water partition coefficient (Wildman–Crippen LogP) is -1.81. The molecule has 0 aromatic carbocycles. The molecule has 0 fully saturated rings. The monoisotopic (exact) mass is 175 g/mol. The molecule has 58 valence electrons. The number of anilines is 1. The molecule has 1 aromatic rings. The van der Waals surface area contributed by atoms with Gasteiger partial charge in [0.25, 0.3) is 0 Å². The van der Waals surface area contributed by atoms with E-state index in [4.69, 9.17) is 0 Å². The molecule has 0 spiro atoms. The van der Waals surface area contributed by atoms with Crippen molar-refractivity contribution in [2.75, 3.05) is 5.43 Å². The fourth-order valence-electron chi connectivity index (χ4n) is 0.687. The molecule has 0 unspecified atom stereocenters. The average molecular weight is 175 g/mol. The maximum atomic E-state index is 9.81. The summed E-state index contributed by atoms with van der Waals surface area (Å²) >= 11 is 0. The van der Waals surface area contributed by atoms with Crippen LogP contribution in [0.4, 0.5) is 5.82 Å². The number of nitrogens with one attached hydrogen (secondary N) is 1. The minimum absolute atomic E-state index is 0. The minimum atomic E-state index is 0. The van der Waals surface area contributed by atoms with Gasteiger partial charge in [0.2, 0.25) is 0 Å². The maximum Gasteiger partial charge on any atom is 1.00 e. The van der Waals surface area contributed by atoms with Gasteiger partial charge in [0.05, 0.1) is 16.7 Å². The molecule has 0 saturated carbocycles. The zero-order chi connectivity index (χ0) is 8.27. The first kappa shape index (κ1) is 11.5. The first-order valence-corrected chi connectivity index (χ1v) is 3.12. The fourth-order valence-corrected chi connectivity index (χ4v) is 0.687. The Balaban J connectivity index is 0.00000121. The van der Waals surface area contributed by atoms with Crippen LogP contribution in [0.15, 0.2) is 11.5 Å². The second-order valence-corrected chi connectivity index (χ2v) is 2.15. The van der Waals surface area contributed by atoms with Crippen LogP contribution in [-0.2, 0) is 0 Å². The molecule has 6 heteroatoms. The number of aromatic nitrogens is 2. The van der Waals surface area contributed by atoms with E-state index in [1.54, 1.807) is 20.0 Å². The quantitative estimate of drug-likeness (QED) is 0.327. The summed E-state index contributed by atoms with van der Waals surface area (Å²) < 4.78 is 0. The summed E-state index contributed by atoms with van der Waals surface area (Å²) in [5, 5.41) is 2.51. The van der Waals surface area contributed by atoms with E-state index in [1.807, 2.05) is 0 Å². The molecular formula is C6H8N4NaO+. The van der Waals surface area contributed by atoms with Crippen LogP contribution in [0.25, 0.3) is 0 Å². The molecule has 12 heavy (non-hydrogen) atoms.